The van der Waals surface area contributed by atoms with Crippen LogP contribution in [0.3, 0.4) is 0 Å². The van der Waals surface area contributed by atoms with Crippen LogP contribution in [0.2, 0.25) is 0 Å². The first-order chi connectivity index (χ1) is 15.3. The van der Waals surface area contributed by atoms with Gasteiger partial charge in [0.1, 0.15) is 16.4 Å². The summed E-state index contributed by atoms with van der Waals surface area (Å²) in [5, 5.41) is 3.99. The molecule has 1 aliphatic heterocycles. The summed E-state index contributed by atoms with van der Waals surface area (Å²) in [4.78, 5) is 2.28. The van der Waals surface area contributed by atoms with E-state index >= 15 is 0 Å². The standard InChI is InChI=1S/C23H27N3O5S/c1-16-17(2)24-31-23(16)18-8-9-21(30-4)22(14-18)32(27,28)26-12-10-25(11-13-26)19-6-5-7-20(15-19)29-3/h5-9,14-15H,10-13H2,1-4H3. The lowest BCUT2D eigenvalue weighted by atomic mass is 10.1. The predicted molar refractivity (Wildman–Crippen MR) is 122 cm³/mol. The molecule has 0 radical (unpaired) electrons. The molecule has 2 aromatic carbocycles. The molecule has 1 fully saturated rings. The average molecular weight is 458 g/mol. The van der Waals surface area contributed by atoms with Crippen molar-refractivity contribution >= 4 is 15.7 Å². The normalized spacial score (nSPS) is 15.1. The van der Waals surface area contributed by atoms with Crippen LogP contribution in [0.1, 0.15) is 11.3 Å². The molecule has 1 aliphatic rings. The summed E-state index contributed by atoms with van der Waals surface area (Å²) < 4.78 is 44.7. The van der Waals surface area contributed by atoms with Crippen LogP contribution in [0.5, 0.6) is 11.5 Å². The van der Waals surface area contributed by atoms with E-state index in [0.717, 1.165) is 22.7 Å². The van der Waals surface area contributed by atoms with Crippen LogP contribution >= 0.6 is 0 Å². The minimum atomic E-state index is -3.76. The van der Waals surface area contributed by atoms with Crippen molar-refractivity contribution in [2.24, 2.45) is 0 Å². The number of hydrogen-bond acceptors (Lipinski definition) is 7. The molecule has 9 heteroatoms. The molecule has 1 aromatic heterocycles. The zero-order chi connectivity index (χ0) is 22.9. The van der Waals surface area contributed by atoms with Crippen LogP contribution in [0.4, 0.5) is 5.69 Å². The molecular formula is C23H27N3O5S. The van der Waals surface area contributed by atoms with Gasteiger partial charge in [-0.25, -0.2) is 8.42 Å². The lowest BCUT2D eigenvalue weighted by Gasteiger charge is -2.35. The highest BCUT2D eigenvalue weighted by Crippen LogP contribution is 2.34. The summed E-state index contributed by atoms with van der Waals surface area (Å²) in [6.45, 7) is 5.65. The number of aryl methyl sites for hydroxylation is 1. The fourth-order valence-corrected chi connectivity index (χ4v) is 5.44. The number of nitrogens with zero attached hydrogens (tertiary/aromatic N) is 3. The van der Waals surface area contributed by atoms with Crippen molar-refractivity contribution in [3.63, 3.8) is 0 Å². The molecule has 2 heterocycles. The highest BCUT2D eigenvalue weighted by atomic mass is 32.2. The van der Waals surface area contributed by atoms with Gasteiger partial charge in [-0.2, -0.15) is 4.31 Å². The number of anilines is 1. The van der Waals surface area contributed by atoms with Gasteiger partial charge in [-0.3, -0.25) is 0 Å². The molecule has 4 rings (SSSR count). The van der Waals surface area contributed by atoms with Gasteiger partial charge < -0.3 is 18.9 Å². The van der Waals surface area contributed by atoms with E-state index in [1.54, 1.807) is 25.3 Å². The molecule has 170 valence electrons. The van der Waals surface area contributed by atoms with Crippen LogP contribution < -0.4 is 14.4 Å². The van der Waals surface area contributed by atoms with Gasteiger partial charge in [-0.05, 0) is 44.2 Å². The van der Waals surface area contributed by atoms with Gasteiger partial charge in [0.15, 0.2) is 5.76 Å². The average Bonchev–Trinajstić information content (AvgIpc) is 3.16. The number of piperazine rings is 1. The third-order valence-corrected chi connectivity index (χ3v) is 7.78. The van der Waals surface area contributed by atoms with E-state index in [1.807, 2.05) is 38.1 Å². The Bertz CT molecular complexity index is 1210. The Morgan fingerprint density at radius 3 is 2.34 bits per heavy atom. The number of rotatable bonds is 6. The van der Waals surface area contributed by atoms with E-state index in [9.17, 15) is 8.42 Å². The molecule has 1 saturated heterocycles. The second kappa shape index (κ2) is 8.84. The molecule has 3 aromatic rings. The highest BCUT2D eigenvalue weighted by Gasteiger charge is 2.32. The first-order valence-corrected chi connectivity index (χ1v) is 11.8. The van der Waals surface area contributed by atoms with E-state index in [-0.39, 0.29) is 4.90 Å². The van der Waals surface area contributed by atoms with Crippen molar-refractivity contribution in [2.75, 3.05) is 45.3 Å². The lowest BCUT2D eigenvalue weighted by molar-refractivity contribution is 0.374. The minimum Gasteiger partial charge on any atom is -0.497 e. The molecule has 0 unspecified atom stereocenters. The van der Waals surface area contributed by atoms with Crippen molar-refractivity contribution in [1.82, 2.24) is 9.46 Å². The largest absolute Gasteiger partial charge is 0.497 e. The van der Waals surface area contributed by atoms with Crippen LogP contribution in [-0.2, 0) is 10.0 Å². The van der Waals surface area contributed by atoms with E-state index in [1.165, 1.54) is 11.4 Å². The summed E-state index contributed by atoms with van der Waals surface area (Å²) in [7, 11) is -0.662. The molecule has 0 N–H and O–H groups in total. The Morgan fingerprint density at radius 2 is 1.72 bits per heavy atom. The topological polar surface area (TPSA) is 85.1 Å². The van der Waals surface area contributed by atoms with E-state index < -0.39 is 10.0 Å². The first-order valence-electron chi connectivity index (χ1n) is 10.4. The monoisotopic (exact) mass is 457 g/mol. The molecule has 0 aliphatic carbocycles. The smallest absolute Gasteiger partial charge is 0.246 e. The molecule has 32 heavy (non-hydrogen) atoms. The second-order valence-electron chi connectivity index (χ2n) is 7.68. The number of benzene rings is 2. The molecule has 8 nitrogen and oxygen atoms in total. The van der Waals surface area contributed by atoms with Crippen molar-refractivity contribution in [3.8, 4) is 22.8 Å². The minimum absolute atomic E-state index is 0.126. The number of aromatic nitrogens is 1. The summed E-state index contributed by atoms with van der Waals surface area (Å²) in [6, 6.07) is 12.8. The zero-order valence-corrected chi connectivity index (χ0v) is 19.5. The Balaban J connectivity index is 1.59. The maximum absolute atomic E-state index is 13.5. The number of sulfonamides is 1. The summed E-state index contributed by atoms with van der Waals surface area (Å²) >= 11 is 0. The second-order valence-corrected chi connectivity index (χ2v) is 9.59. The first kappa shape index (κ1) is 22.2. The van der Waals surface area contributed by atoms with Gasteiger partial charge in [-0.15, -0.1) is 0 Å². The zero-order valence-electron chi connectivity index (χ0n) is 18.7. The molecule has 0 atom stereocenters. The number of hydrogen-bond donors (Lipinski definition) is 0. The van der Waals surface area contributed by atoms with E-state index in [2.05, 4.69) is 10.1 Å². The van der Waals surface area contributed by atoms with Gasteiger partial charge in [0.25, 0.3) is 0 Å². The number of ether oxygens (including phenoxy) is 2. The Labute approximate surface area is 188 Å². The van der Waals surface area contributed by atoms with Gasteiger partial charge in [-0.1, -0.05) is 11.2 Å². The molecule has 0 bridgehead atoms. The third kappa shape index (κ3) is 4.05. The van der Waals surface area contributed by atoms with Crippen molar-refractivity contribution < 1.29 is 22.4 Å². The summed E-state index contributed by atoms with van der Waals surface area (Å²) in [5.41, 5.74) is 3.31. The highest BCUT2D eigenvalue weighted by molar-refractivity contribution is 7.89. The molecular weight excluding hydrogens is 430 g/mol. The van der Waals surface area contributed by atoms with Gasteiger partial charge in [0, 0.05) is 49.1 Å². The molecule has 0 saturated carbocycles. The summed E-state index contributed by atoms with van der Waals surface area (Å²) in [6.07, 6.45) is 0. The van der Waals surface area contributed by atoms with Crippen molar-refractivity contribution in [2.45, 2.75) is 18.7 Å². The maximum Gasteiger partial charge on any atom is 0.246 e. The Hall–Kier alpha value is -3.04. The van der Waals surface area contributed by atoms with Crippen molar-refractivity contribution in [1.29, 1.82) is 0 Å². The maximum atomic E-state index is 13.5. The third-order valence-electron chi connectivity index (χ3n) is 5.86. The summed E-state index contributed by atoms with van der Waals surface area (Å²) in [5.74, 6) is 1.64. The molecule has 0 amide bonds. The fourth-order valence-electron chi connectivity index (χ4n) is 3.84. The van der Waals surface area contributed by atoms with Gasteiger partial charge in [0.2, 0.25) is 10.0 Å². The van der Waals surface area contributed by atoms with Crippen LogP contribution in [0.15, 0.2) is 51.9 Å². The van der Waals surface area contributed by atoms with Crippen LogP contribution in [-0.4, -0.2) is 58.3 Å². The van der Waals surface area contributed by atoms with Crippen molar-refractivity contribution in [3.05, 3.63) is 53.7 Å². The predicted octanol–water partition coefficient (Wildman–Crippen LogP) is 3.49. The SMILES string of the molecule is COc1cccc(N2CCN(S(=O)(=O)c3cc(-c4onc(C)c4C)ccc3OC)CC2)c1. The Morgan fingerprint density at radius 1 is 0.969 bits per heavy atom. The molecule has 0 spiro atoms. The van der Waals surface area contributed by atoms with Crippen LogP contribution in [0.25, 0.3) is 11.3 Å². The van der Waals surface area contributed by atoms with Gasteiger partial charge >= 0.3 is 0 Å². The lowest BCUT2D eigenvalue weighted by Crippen LogP contribution is -2.48. The Kier molecular flexibility index (Phi) is 6.12. The number of methoxy groups -OCH3 is 2. The van der Waals surface area contributed by atoms with E-state index in [4.69, 9.17) is 14.0 Å². The van der Waals surface area contributed by atoms with Gasteiger partial charge in [0.05, 0.1) is 19.9 Å². The fraction of sp³-hybridized carbons (Fsp3) is 0.348. The van der Waals surface area contributed by atoms with E-state index in [0.29, 0.717) is 43.3 Å². The van der Waals surface area contributed by atoms with Crippen LogP contribution in [0, 0.1) is 13.8 Å². The quantitative estimate of drug-likeness (QED) is 0.560.